The van der Waals surface area contributed by atoms with Crippen molar-refractivity contribution in [1.82, 2.24) is 4.98 Å². The second-order valence-electron chi connectivity index (χ2n) is 5.38. The molecule has 0 bridgehead atoms. The molecule has 2 heterocycles. The predicted octanol–water partition coefficient (Wildman–Crippen LogP) is 3.58. The monoisotopic (exact) mass is 331 g/mol. The molecular formula is C17H18ClN3O2. The maximum atomic E-state index is 12.2. The summed E-state index contributed by atoms with van der Waals surface area (Å²) in [5.41, 5.74) is 1.78. The van der Waals surface area contributed by atoms with Gasteiger partial charge in [0.1, 0.15) is 5.69 Å². The summed E-state index contributed by atoms with van der Waals surface area (Å²) in [7, 11) is 0. The normalized spacial score (nSPS) is 17.0. The van der Waals surface area contributed by atoms with Crippen molar-refractivity contribution >= 4 is 28.9 Å². The molecule has 120 valence electrons. The third-order valence-electron chi connectivity index (χ3n) is 3.68. The van der Waals surface area contributed by atoms with Crippen molar-refractivity contribution in [3.05, 3.63) is 53.3 Å². The molecule has 1 aromatic carbocycles. The van der Waals surface area contributed by atoms with Crippen LogP contribution >= 0.6 is 11.6 Å². The zero-order valence-corrected chi connectivity index (χ0v) is 13.3. The first kappa shape index (κ1) is 15.8. The van der Waals surface area contributed by atoms with Crippen molar-refractivity contribution in [2.75, 3.05) is 23.8 Å². The van der Waals surface area contributed by atoms with Gasteiger partial charge in [-0.15, -0.1) is 0 Å². The number of anilines is 2. The quantitative estimate of drug-likeness (QED) is 0.879. The summed E-state index contributed by atoms with van der Waals surface area (Å²) in [4.78, 5) is 16.4. The molecular weight excluding hydrogens is 314 g/mol. The average Bonchev–Trinajstić information content (AvgIpc) is 3.09. The van der Waals surface area contributed by atoms with E-state index in [1.54, 1.807) is 24.4 Å². The minimum Gasteiger partial charge on any atom is -0.381 e. The number of hydrogen-bond donors (Lipinski definition) is 2. The van der Waals surface area contributed by atoms with Crippen molar-refractivity contribution in [3.63, 3.8) is 0 Å². The van der Waals surface area contributed by atoms with E-state index in [0.29, 0.717) is 16.4 Å². The first-order valence-electron chi connectivity index (χ1n) is 7.60. The number of nitrogens with one attached hydrogen (secondary N) is 2. The van der Waals surface area contributed by atoms with Crippen LogP contribution in [-0.4, -0.2) is 30.1 Å². The van der Waals surface area contributed by atoms with Crippen molar-refractivity contribution in [2.45, 2.75) is 18.9 Å². The molecule has 5 nitrogen and oxygen atoms in total. The maximum Gasteiger partial charge on any atom is 0.274 e. The highest BCUT2D eigenvalue weighted by atomic mass is 35.5. The van der Waals surface area contributed by atoms with Crippen LogP contribution in [0, 0.1) is 0 Å². The van der Waals surface area contributed by atoms with Crippen molar-refractivity contribution in [1.29, 1.82) is 0 Å². The Bertz CT molecular complexity index is 670. The minimum absolute atomic E-state index is 0.262. The SMILES string of the molecule is O=C(Nc1ccccc1Cl)c1ccc(NCC2CCCO2)cn1. The Hall–Kier alpha value is -2.11. The zero-order chi connectivity index (χ0) is 16.1. The van der Waals surface area contributed by atoms with Gasteiger partial charge in [-0.3, -0.25) is 4.79 Å². The molecule has 2 aromatic rings. The summed E-state index contributed by atoms with van der Waals surface area (Å²) in [5.74, 6) is -0.288. The summed E-state index contributed by atoms with van der Waals surface area (Å²) in [5, 5.41) is 6.52. The molecule has 1 amide bonds. The third kappa shape index (κ3) is 4.21. The van der Waals surface area contributed by atoms with Gasteiger partial charge in [-0.1, -0.05) is 23.7 Å². The lowest BCUT2D eigenvalue weighted by molar-refractivity contribution is 0.102. The Labute approximate surface area is 140 Å². The molecule has 1 aromatic heterocycles. The summed E-state index contributed by atoms with van der Waals surface area (Å²) in [6, 6.07) is 10.6. The first-order valence-corrected chi connectivity index (χ1v) is 7.97. The van der Waals surface area contributed by atoms with Gasteiger partial charge in [-0.25, -0.2) is 4.98 Å². The molecule has 1 saturated heterocycles. The van der Waals surface area contributed by atoms with E-state index in [1.165, 1.54) is 0 Å². The molecule has 0 spiro atoms. The number of carbonyl (C=O) groups is 1. The number of carbonyl (C=O) groups excluding carboxylic acids is 1. The Balaban J connectivity index is 1.57. The number of benzene rings is 1. The van der Waals surface area contributed by atoms with Gasteiger partial charge in [-0.05, 0) is 37.1 Å². The van der Waals surface area contributed by atoms with E-state index < -0.39 is 0 Å². The number of hydrogen-bond acceptors (Lipinski definition) is 4. The van der Waals surface area contributed by atoms with E-state index in [2.05, 4.69) is 15.6 Å². The lowest BCUT2D eigenvalue weighted by atomic mass is 10.2. The fourth-order valence-corrected chi connectivity index (χ4v) is 2.60. The number of aromatic nitrogens is 1. The van der Waals surface area contributed by atoms with Crippen LogP contribution in [-0.2, 0) is 4.74 Å². The lowest BCUT2D eigenvalue weighted by Crippen LogP contribution is -2.19. The Morgan fingerprint density at radius 1 is 1.30 bits per heavy atom. The molecule has 1 atom stereocenters. The third-order valence-corrected chi connectivity index (χ3v) is 4.01. The van der Waals surface area contributed by atoms with Gasteiger partial charge in [0, 0.05) is 13.2 Å². The van der Waals surface area contributed by atoms with Gasteiger partial charge >= 0.3 is 0 Å². The number of halogens is 1. The number of ether oxygens (including phenoxy) is 1. The largest absolute Gasteiger partial charge is 0.381 e. The molecule has 6 heteroatoms. The topological polar surface area (TPSA) is 63.2 Å². The van der Waals surface area contributed by atoms with E-state index in [4.69, 9.17) is 16.3 Å². The van der Waals surface area contributed by atoms with Crippen molar-refractivity contribution in [3.8, 4) is 0 Å². The molecule has 3 rings (SSSR count). The molecule has 0 aliphatic carbocycles. The fourth-order valence-electron chi connectivity index (χ4n) is 2.42. The predicted molar refractivity (Wildman–Crippen MR) is 91.1 cm³/mol. The van der Waals surface area contributed by atoms with Gasteiger partial charge in [0.25, 0.3) is 5.91 Å². The van der Waals surface area contributed by atoms with Crippen LogP contribution < -0.4 is 10.6 Å². The molecule has 1 aliphatic heterocycles. The molecule has 1 aliphatic rings. The number of pyridine rings is 1. The highest BCUT2D eigenvalue weighted by Crippen LogP contribution is 2.21. The summed E-state index contributed by atoms with van der Waals surface area (Å²) >= 11 is 6.03. The second kappa shape index (κ2) is 7.44. The summed E-state index contributed by atoms with van der Waals surface area (Å²) in [6.45, 7) is 1.60. The van der Waals surface area contributed by atoms with Crippen LogP contribution in [0.4, 0.5) is 11.4 Å². The number of amides is 1. The first-order chi connectivity index (χ1) is 11.2. The number of para-hydroxylation sites is 1. The number of nitrogens with zero attached hydrogens (tertiary/aromatic N) is 1. The van der Waals surface area contributed by atoms with E-state index in [1.807, 2.05) is 18.2 Å². The van der Waals surface area contributed by atoms with Gasteiger partial charge in [0.05, 0.1) is 28.7 Å². The molecule has 2 N–H and O–H groups in total. The van der Waals surface area contributed by atoms with E-state index in [-0.39, 0.29) is 12.0 Å². The maximum absolute atomic E-state index is 12.2. The van der Waals surface area contributed by atoms with Crippen LogP contribution in [0.3, 0.4) is 0 Å². The van der Waals surface area contributed by atoms with Gasteiger partial charge < -0.3 is 15.4 Å². The highest BCUT2D eigenvalue weighted by molar-refractivity contribution is 6.33. The van der Waals surface area contributed by atoms with Crippen LogP contribution in [0.15, 0.2) is 42.6 Å². The standard InChI is InChI=1S/C17H18ClN3O2/c18-14-5-1-2-6-15(14)21-17(22)16-8-7-12(10-20-16)19-11-13-4-3-9-23-13/h1-2,5-8,10,13,19H,3-4,9,11H2,(H,21,22). The van der Waals surface area contributed by atoms with E-state index in [9.17, 15) is 4.79 Å². The van der Waals surface area contributed by atoms with Crippen LogP contribution in [0.1, 0.15) is 23.3 Å². The smallest absolute Gasteiger partial charge is 0.274 e. The Kier molecular flexibility index (Phi) is 5.10. The van der Waals surface area contributed by atoms with E-state index in [0.717, 1.165) is 31.7 Å². The Morgan fingerprint density at radius 3 is 2.87 bits per heavy atom. The average molecular weight is 332 g/mol. The molecule has 1 fully saturated rings. The molecule has 0 saturated carbocycles. The van der Waals surface area contributed by atoms with E-state index >= 15 is 0 Å². The van der Waals surface area contributed by atoms with Crippen LogP contribution in [0.5, 0.6) is 0 Å². The fraction of sp³-hybridized carbons (Fsp3) is 0.294. The summed E-state index contributed by atoms with van der Waals surface area (Å²) < 4.78 is 5.55. The Morgan fingerprint density at radius 2 is 2.17 bits per heavy atom. The second-order valence-corrected chi connectivity index (χ2v) is 5.79. The van der Waals surface area contributed by atoms with Crippen LogP contribution in [0.2, 0.25) is 5.02 Å². The zero-order valence-electron chi connectivity index (χ0n) is 12.6. The molecule has 1 unspecified atom stereocenters. The van der Waals surface area contributed by atoms with Crippen molar-refractivity contribution < 1.29 is 9.53 Å². The number of rotatable bonds is 5. The summed E-state index contributed by atoms with van der Waals surface area (Å²) in [6.07, 6.45) is 4.11. The van der Waals surface area contributed by atoms with Gasteiger partial charge in [0.15, 0.2) is 0 Å². The van der Waals surface area contributed by atoms with Gasteiger partial charge in [0.2, 0.25) is 0 Å². The lowest BCUT2D eigenvalue weighted by Gasteiger charge is -2.12. The van der Waals surface area contributed by atoms with Gasteiger partial charge in [-0.2, -0.15) is 0 Å². The van der Waals surface area contributed by atoms with Crippen LogP contribution in [0.25, 0.3) is 0 Å². The highest BCUT2D eigenvalue weighted by Gasteiger charge is 2.15. The molecule has 0 radical (unpaired) electrons. The molecule has 23 heavy (non-hydrogen) atoms. The van der Waals surface area contributed by atoms with Crippen molar-refractivity contribution in [2.24, 2.45) is 0 Å². The minimum atomic E-state index is -0.288.